The molecule has 0 unspecified atom stereocenters. The van der Waals surface area contributed by atoms with Crippen molar-refractivity contribution in [2.45, 2.75) is 26.2 Å². The maximum Gasteiger partial charge on any atom is 0.339 e. The van der Waals surface area contributed by atoms with E-state index in [1.165, 1.54) is 37.4 Å². The highest BCUT2D eigenvalue weighted by Crippen LogP contribution is 2.35. The van der Waals surface area contributed by atoms with Gasteiger partial charge in [-0.3, -0.25) is 28.8 Å². The molecular weight excluding hydrogens is 853 g/mol. The lowest BCUT2D eigenvalue weighted by molar-refractivity contribution is -0.118. The number of hydrogen-bond donors (Lipinski definition) is 4. The molecule has 0 aliphatic rings. The van der Waals surface area contributed by atoms with Crippen molar-refractivity contribution in [3.05, 3.63) is 197 Å². The number of amides is 4. The van der Waals surface area contributed by atoms with E-state index in [0.717, 1.165) is 28.5 Å². The molecule has 0 atom stereocenters. The van der Waals surface area contributed by atoms with Crippen LogP contribution in [0.1, 0.15) is 92.7 Å². The first-order valence-electron chi connectivity index (χ1n) is 20.8. The average molecular weight is 899 g/mol. The van der Waals surface area contributed by atoms with Crippen molar-refractivity contribution in [2.75, 3.05) is 36.2 Å². The fourth-order valence-corrected chi connectivity index (χ4v) is 6.98. The molecule has 0 radical (unpaired) electrons. The highest BCUT2D eigenvalue weighted by Gasteiger charge is 2.30. The number of benzene rings is 6. The number of fused-ring (bicyclic) bond motifs is 1. The summed E-state index contributed by atoms with van der Waals surface area (Å²) < 4.78 is 10.3. The molecule has 0 saturated heterocycles. The van der Waals surface area contributed by atoms with Gasteiger partial charge in [0, 0.05) is 40.7 Å². The number of esters is 2. The largest absolute Gasteiger partial charge is 0.454 e. The lowest BCUT2D eigenvalue weighted by Gasteiger charge is -2.28. The van der Waals surface area contributed by atoms with Crippen molar-refractivity contribution in [1.29, 1.82) is 0 Å². The molecular formula is C53H46N4O10. The third-order valence-electron chi connectivity index (χ3n) is 10.8. The van der Waals surface area contributed by atoms with Crippen LogP contribution in [-0.2, 0) is 24.5 Å². The summed E-state index contributed by atoms with van der Waals surface area (Å²) in [6.07, 6.45) is 2.01. The molecule has 14 heteroatoms. The van der Waals surface area contributed by atoms with Gasteiger partial charge >= 0.3 is 11.9 Å². The fraction of sp³-hybridized carbons (Fsp3) is 0.132. The molecule has 0 spiro atoms. The Balaban J connectivity index is 1.24. The summed E-state index contributed by atoms with van der Waals surface area (Å²) in [5, 5.41) is 12.7. The third-order valence-corrected chi connectivity index (χ3v) is 10.8. The van der Waals surface area contributed by atoms with Gasteiger partial charge in [-0.15, -0.1) is 0 Å². The van der Waals surface area contributed by atoms with E-state index in [2.05, 4.69) is 34.4 Å². The van der Waals surface area contributed by atoms with Gasteiger partial charge in [0.15, 0.2) is 24.8 Å². The molecule has 0 aromatic heterocycles. The molecule has 0 bridgehead atoms. The number of carbonyl (C=O) groups excluding carboxylic acids is 8. The van der Waals surface area contributed by atoms with E-state index < -0.39 is 59.9 Å². The van der Waals surface area contributed by atoms with Crippen molar-refractivity contribution in [3.8, 4) is 0 Å². The summed E-state index contributed by atoms with van der Waals surface area (Å²) in [5.74, 6) is -5.01. The third kappa shape index (κ3) is 11.5. The number of hydrogen-bond acceptors (Lipinski definition) is 10. The Morgan fingerprint density at radius 2 is 0.955 bits per heavy atom. The van der Waals surface area contributed by atoms with Gasteiger partial charge in [0.25, 0.3) is 23.6 Å². The van der Waals surface area contributed by atoms with Crippen LogP contribution in [0.25, 0.3) is 10.8 Å². The maximum atomic E-state index is 14.2. The summed E-state index contributed by atoms with van der Waals surface area (Å²) in [4.78, 5) is 104. The van der Waals surface area contributed by atoms with E-state index in [-0.39, 0.29) is 39.4 Å². The fourth-order valence-electron chi connectivity index (χ4n) is 6.98. The van der Waals surface area contributed by atoms with Gasteiger partial charge in [-0.1, -0.05) is 75.0 Å². The zero-order valence-corrected chi connectivity index (χ0v) is 37.1. The second-order valence-electron chi connectivity index (χ2n) is 15.8. The van der Waals surface area contributed by atoms with E-state index in [4.69, 9.17) is 9.47 Å². The SMILES string of the molecule is C=CC(=O)COC(=O)c1ccc(C(C)(C)c2ccc(C(=O)OCC(=O)C=C)c(C(=O)Nc3cccc(C(=O)Nc4ccc5cc(NC(=O)c6cccc(C)c6)ccc5c4)c3)c2)cc1C(=O)NC. The number of ether oxygens (including phenoxy) is 2. The number of nitrogens with one attached hydrogen (secondary N) is 4. The molecule has 338 valence electrons. The van der Waals surface area contributed by atoms with Crippen molar-refractivity contribution in [3.63, 3.8) is 0 Å². The monoisotopic (exact) mass is 898 g/mol. The highest BCUT2D eigenvalue weighted by atomic mass is 16.5. The molecule has 6 rings (SSSR count). The Labute approximate surface area is 386 Å². The second-order valence-corrected chi connectivity index (χ2v) is 15.8. The summed E-state index contributed by atoms with van der Waals surface area (Å²) in [7, 11) is 1.39. The van der Waals surface area contributed by atoms with E-state index in [9.17, 15) is 38.4 Å². The van der Waals surface area contributed by atoms with Crippen LogP contribution in [0, 0.1) is 6.92 Å². The first-order valence-corrected chi connectivity index (χ1v) is 20.8. The maximum absolute atomic E-state index is 14.2. The van der Waals surface area contributed by atoms with E-state index >= 15 is 0 Å². The molecule has 4 N–H and O–H groups in total. The average Bonchev–Trinajstić information content (AvgIpc) is 3.33. The number of ketones is 2. The number of anilines is 3. The van der Waals surface area contributed by atoms with Crippen molar-refractivity contribution >= 4 is 75.0 Å². The van der Waals surface area contributed by atoms with Gasteiger partial charge in [-0.05, 0) is 120 Å². The molecule has 0 fully saturated rings. The van der Waals surface area contributed by atoms with Crippen LogP contribution in [0.15, 0.2) is 147 Å². The summed E-state index contributed by atoms with van der Waals surface area (Å²) >= 11 is 0. The summed E-state index contributed by atoms with van der Waals surface area (Å²) in [5.41, 5.74) is 2.66. The van der Waals surface area contributed by atoms with Gasteiger partial charge < -0.3 is 30.7 Å². The molecule has 6 aromatic carbocycles. The Bertz CT molecular complexity index is 3020. The molecule has 67 heavy (non-hydrogen) atoms. The second kappa shape index (κ2) is 20.8. The van der Waals surface area contributed by atoms with Crippen molar-refractivity contribution in [2.24, 2.45) is 0 Å². The van der Waals surface area contributed by atoms with E-state index in [1.54, 1.807) is 74.5 Å². The highest BCUT2D eigenvalue weighted by molar-refractivity contribution is 6.13. The quantitative estimate of drug-likeness (QED) is 0.0508. The van der Waals surface area contributed by atoms with Crippen molar-refractivity contribution < 1.29 is 47.8 Å². The minimum absolute atomic E-state index is 0.0335. The van der Waals surface area contributed by atoms with Crippen LogP contribution in [0.3, 0.4) is 0 Å². The number of carbonyl (C=O) groups is 8. The molecule has 14 nitrogen and oxygen atoms in total. The summed E-state index contributed by atoms with van der Waals surface area (Å²) in [6.45, 7) is 11.1. The molecule has 0 aliphatic carbocycles. The smallest absolute Gasteiger partial charge is 0.339 e. The molecule has 0 saturated carbocycles. The minimum atomic E-state index is -0.985. The summed E-state index contributed by atoms with van der Waals surface area (Å²) in [6, 6.07) is 33.2. The lowest BCUT2D eigenvalue weighted by Crippen LogP contribution is -2.26. The molecule has 6 aromatic rings. The molecule has 0 heterocycles. The van der Waals surface area contributed by atoms with Crippen molar-refractivity contribution in [1.82, 2.24) is 5.32 Å². The van der Waals surface area contributed by atoms with E-state index in [1.807, 2.05) is 37.3 Å². The molecule has 0 aliphatic heterocycles. The predicted molar refractivity (Wildman–Crippen MR) is 255 cm³/mol. The van der Waals surface area contributed by atoms with E-state index in [0.29, 0.717) is 28.1 Å². The van der Waals surface area contributed by atoms with Crippen LogP contribution in [0.5, 0.6) is 0 Å². The Morgan fingerprint density at radius 1 is 0.507 bits per heavy atom. The first-order chi connectivity index (χ1) is 32.0. The normalized spacial score (nSPS) is 10.8. The standard InChI is InChI=1S/C53H46N4O10/c1-7-41(58)29-66-51(64)43-21-17-36(27-45(43)49(62)54-6)53(4,5)37-18-22-44(52(65)67-30-42(59)8-2)46(28-37)50(63)57-38-14-10-13-35(26-38)48(61)56-40-20-16-32-24-39(19-15-33(32)25-40)55-47(60)34-12-9-11-31(3)23-34/h7-28H,1-2,29-30H2,3-6H3,(H,54,62)(H,55,60)(H,56,61)(H,57,63). The van der Waals surface area contributed by atoms with Crippen LogP contribution >= 0.6 is 0 Å². The zero-order chi connectivity index (χ0) is 48.4. The Morgan fingerprint density at radius 3 is 1.43 bits per heavy atom. The number of rotatable bonds is 17. The topological polar surface area (TPSA) is 203 Å². The van der Waals surface area contributed by atoms with Gasteiger partial charge in [0.2, 0.25) is 0 Å². The van der Waals surface area contributed by atoms with Gasteiger partial charge in [0.1, 0.15) is 0 Å². The number of aryl methyl sites for hydroxylation is 1. The van der Waals surface area contributed by atoms with Crippen LogP contribution in [0.4, 0.5) is 17.1 Å². The van der Waals surface area contributed by atoms with Gasteiger partial charge in [0.05, 0.1) is 22.3 Å². The first kappa shape index (κ1) is 47.7. The van der Waals surface area contributed by atoms with Gasteiger partial charge in [-0.2, -0.15) is 0 Å². The Hall–Kier alpha value is -8.78. The Kier molecular flexibility index (Phi) is 14.8. The zero-order valence-electron chi connectivity index (χ0n) is 37.1. The van der Waals surface area contributed by atoms with Crippen LogP contribution in [0.2, 0.25) is 0 Å². The minimum Gasteiger partial charge on any atom is -0.454 e. The van der Waals surface area contributed by atoms with Crippen LogP contribution in [-0.4, -0.2) is 67.4 Å². The predicted octanol–water partition coefficient (Wildman–Crippen LogP) is 8.41. The van der Waals surface area contributed by atoms with Gasteiger partial charge in [-0.25, -0.2) is 9.59 Å². The van der Waals surface area contributed by atoms with Crippen LogP contribution < -0.4 is 21.3 Å². The molecule has 4 amide bonds. The lowest BCUT2D eigenvalue weighted by atomic mass is 9.76.